The van der Waals surface area contributed by atoms with Gasteiger partial charge < -0.3 is 9.47 Å². The van der Waals surface area contributed by atoms with Crippen LogP contribution in [0.1, 0.15) is 0 Å². The number of nitrogens with zero attached hydrogens (tertiary/aromatic N) is 6. The van der Waals surface area contributed by atoms with E-state index >= 15 is 0 Å². The van der Waals surface area contributed by atoms with Crippen molar-refractivity contribution in [3.05, 3.63) is 170 Å². The molecule has 10 aromatic rings. The van der Waals surface area contributed by atoms with Gasteiger partial charge in [0.1, 0.15) is 34.6 Å². The Labute approximate surface area is 310 Å². The van der Waals surface area contributed by atoms with Gasteiger partial charge >= 0.3 is 0 Å². The van der Waals surface area contributed by atoms with E-state index in [0.29, 0.717) is 11.5 Å². The maximum atomic E-state index is 14.4. The largest absolute Gasteiger partial charge is 0.457 e. The fourth-order valence-corrected chi connectivity index (χ4v) is 7.11. The van der Waals surface area contributed by atoms with E-state index in [1.807, 2.05) is 109 Å². The molecule has 10 rings (SSSR count). The summed E-state index contributed by atoms with van der Waals surface area (Å²) in [6, 6.07) is 43.6. The lowest BCUT2D eigenvalue weighted by molar-refractivity contribution is 0.408. The summed E-state index contributed by atoms with van der Waals surface area (Å²) in [4.78, 5) is 16.4. The van der Waals surface area contributed by atoms with E-state index in [0.717, 1.165) is 55.2 Å². The number of para-hydroxylation sites is 2. The first-order valence-electron chi connectivity index (χ1n) is 17.3. The lowest BCUT2D eigenvalue weighted by atomic mass is 10.1. The second-order valence-electron chi connectivity index (χ2n) is 12.8. The molecule has 0 unspecified atom stereocenters. The van der Waals surface area contributed by atoms with Crippen molar-refractivity contribution in [2.45, 2.75) is 0 Å². The van der Waals surface area contributed by atoms with Gasteiger partial charge in [0.05, 0.1) is 22.1 Å². The molecular weight excluding hydrogens is 702 g/mol. The van der Waals surface area contributed by atoms with Crippen LogP contribution in [0.3, 0.4) is 0 Å². The Morgan fingerprint density at radius 3 is 1.35 bits per heavy atom. The molecule has 11 heteroatoms. The van der Waals surface area contributed by atoms with Crippen LogP contribution in [0.5, 0.6) is 23.0 Å². The summed E-state index contributed by atoms with van der Waals surface area (Å²) in [6.45, 7) is 0. The fourth-order valence-electron chi connectivity index (χ4n) is 7.11. The zero-order valence-electron chi connectivity index (χ0n) is 28.6. The Kier molecular flexibility index (Phi) is 7.51. The lowest BCUT2D eigenvalue weighted by Gasteiger charge is -2.13. The van der Waals surface area contributed by atoms with Gasteiger partial charge in [-0.25, -0.2) is 9.97 Å². The maximum absolute atomic E-state index is 14.4. The number of benzene rings is 5. The van der Waals surface area contributed by atoms with Crippen LogP contribution in [-0.4, -0.2) is 29.1 Å². The van der Waals surface area contributed by atoms with Crippen LogP contribution >= 0.6 is 0 Å². The zero-order chi connectivity index (χ0) is 37.0. The Bertz CT molecular complexity index is 2890. The Balaban J connectivity index is 1.09. The van der Waals surface area contributed by atoms with Crippen LogP contribution in [0, 0.1) is 17.7 Å². The van der Waals surface area contributed by atoms with Crippen LogP contribution in [0.2, 0.25) is 0 Å². The average molecular weight is 727 g/mol. The predicted octanol–water partition coefficient (Wildman–Crippen LogP) is 11.1. The lowest BCUT2D eigenvalue weighted by Crippen LogP contribution is -2.02. The third kappa shape index (κ3) is 5.57. The number of fused-ring (bicyclic) bond motifs is 6. The van der Waals surface area contributed by atoms with Crippen molar-refractivity contribution in [1.82, 2.24) is 29.1 Å². The van der Waals surface area contributed by atoms with Gasteiger partial charge in [-0.15, -0.1) is 0 Å². The molecule has 0 saturated heterocycles. The normalized spacial score (nSPS) is 11.5. The van der Waals surface area contributed by atoms with Crippen LogP contribution in [0.25, 0.3) is 66.6 Å². The van der Waals surface area contributed by atoms with Gasteiger partial charge in [-0.3, -0.25) is 9.13 Å². The molecule has 8 nitrogen and oxygen atoms in total. The number of aromatic nitrogens is 6. The van der Waals surface area contributed by atoms with Crippen molar-refractivity contribution in [3.63, 3.8) is 0 Å². The van der Waals surface area contributed by atoms with Gasteiger partial charge in [-0.1, -0.05) is 48.5 Å². The average Bonchev–Trinajstić information content (AvgIpc) is 3.72. The third-order valence-electron chi connectivity index (χ3n) is 9.43. The third-order valence-corrected chi connectivity index (χ3v) is 9.43. The van der Waals surface area contributed by atoms with Gasteiger partial charge in [0, 0.05) is 57.7 Å². The minimum Gasteiger partial charge on any atom is -0.457 e. The Hall–Kier alpha value is -7.53. The van der Waals surface area contributed by atoms with E-state index in [1.165, 1.54) is 12.1 Å². The van der Waals surface area contributed by atoms with E-state index in [9.17, 15) is 13.2 Å². The first-order chi connectivity index (χ1) is 27.0. The van der Waals surface area contributed by atoms with Crippen molar-refractivity contribution in [2.24, 2.45) is 0 Å². The number of hydrogen-bond donors (Lipinski definition) is 0. The first kappa shape index (κ1) is 32.1. The predicted molar refractivity (Wildman–Crippen MR) is 205 cm³/mol. The van der Waals surface area contributed by atoms with Crippen molar-refractivity contribution in [1.29, 1.82) is 0 Å². The summed E-state index contributed by atoms with van der Waals surface area (Å²) in [5.41, 5.74) is 3.79. The molecule has 0 atom stereocenters. The van der Waals surface area contributed by atoms with Gasteiger partial charge in [0.25, 0.3) is 11.9 Å². The highest BCUT2D eigenvalue weighted by Gasteiger charge is 2.19. The summed E-state index contributed by atoms with van der Waals surface area (Å²) in [6.07, 6.45) is 3.48. The number of hydrogen-bond acceptors (Lipinski definition) is 6. The van der Waals surface area contributed by atoms with Gasteiger partial charge in [0.2, 0.25) is 5.82 Å². The SMILES string of the molecule is Fc1nc(-c2cc(Oc3ccc4c5ccccc5n(-c5ccccn5)c4c3)cc(Oc3ccc4c5ccccc5n(-c5ccccn5)c4c3)c2)nc(F)c1F. The number of pyridine rings is 2. The molecular formula is C44H25F3N6O2. The Morgan fingerprint density at radius 1 is 0.418 bits per heavy atom. The highest BCUT2D eigenvalue weighted by Crippen LogP contribution is 2.39. The topological polar surface area (TPSA) is 79.9 Å². The highest BCUT2D eigenvalue weighted by atomic mass is 19.2. The van der Waals surface area contributed by atoms with Crippen LogP contribution in [0.4, 0.5) is 13.2 Å². The maximum Gasteiger partial charge on any atom is 0.255 e. The molecule has 5 heterocycles. The second kappa shape index (κ2) is 12.8. The summed E-state index contributed by atoms with van der Waals surface area (Å²) < 4.78 is 59.7. The van der Waals surface area contributed by atoms with E-state index in [-0.39, 0.29) is 22.9 Å². The van der Waals surface area contributed by atoms with Crippen molar-refractivity contribution < 1.29 is 22.6 Å². The molecule has 0 N–H and O–H groups in total. The van der Waals surface area contributed by atoms with Gasteiger partial charge in [-0.05, 0) is 72.8 Å². The molecule has 0 aliphatic heterocycles. The van der Waals surface area contributed by atoms with Crippen LogP contribution < -0.4 is 9.47 Å². The van der Waals surface area contributed by atoms with Crippen molar-refractivity contribution in [3.8, 4) is 46.0 Å². The second-order valence-corrected chi connectivity index (χ2v) is 12.8. The van der Waals surface area contributed by atoms with Gasteiger partial charge in [0.15, 0.2) is 5.82 Å². The summed E-state index contributed by atoms with van der Waals surface area (Å²) in [5.74, 6) is -2.46. The van der Waals surface area contributed by atoms with Gasteiger partial charge in [-0.2, -0.15) is 23.1 Å². The molecule has 55 heavy (non-hydrogen) atoms. The number of ether oxygens (including phenoxy) is 2. The molecule has 264 valence electrons. The van der Waals surface area contributed by atoms with E-state index < -0.39 is 17.7 Å². The molecule has 0 bridgehead atoms. The highest BCUT2D eigenvalue weighted by molar-refractivity contribution is 6.10. The molecule has 5 aromatic heterocycles. The summed E-state index contributed by atoms with van der Waals surface area (Å²) in [5, 5.41) is 4.08. The molecule has 5 aromatic carbocycles. The number of rotatable bonds is 7. The zero-order valence-corrected chi connectivity index (χ0v) is 28.6. The van der Waals surface area contributed by atoms with E-state index in [4.69, 9.17) is 9.47 Å². The standard InChI is InChI=1S/C44H25F3N6O2/c45-41-42(46)50-44(51-43(41)47)26-21-29(54-27-15-17-33-31-9-1-3-11-35(31)52(37(33)24-27)39-13-5-7-19-48-39)23-30(22-26)55-28-16-18-34-32-10-2-4-12-36(32)53(38(34)25-28)40-14-6-8-20-49-40/h1-25H. The molecule has 0 aliphatic rings. The Morgan fingerprint density at radius 2 is 0.873 bits per heavy atom. The smallest absolute Gasteiger partial charge is 0.255 e. The van der Waals surface area contributed by atoms with Crippen LogP contribution in [-0.2, 0) is 0 Å². The molecule has 0 fully saturated rings. The first-order valence-corrected chi connectivity index (χ1v) is 17.3. The molecule has 0 saturated carbocycles. The molecule has 0 radical (unpaired) electrons. The summed E-state index contributed by atoms with van der Waals surface area (Å²) in [7, 11) is 0. The monoisotopic (exact) mass is 726 g/mol. The molecule has 0 aliphatic carbocycles. The summed E-state index contributed by atoms with van der Waals surface area (Å²) >= 11 is 0. The fraction of sp³-hybridized carbons (Fsp3) is 0. The quantitative estimate of drug-likeness (QED) is 0.152. The van der Waals surface area contributed by atoms with Crippen molar-refractivity contribution in [2.75, 3.05) is 0 Å². The molecule has 0 amide bonds. The van der Waals surface area contributed by atoms with Crippen LogP contribution in [0.15, 0.2) is 152 Å². The number of halogens is 3. The van der Waals surface area contributed by atoms with E-state index in [1.54, 1.807) is 18.5 Å². The minimum atomic E-state index is -1.76. The molecule has 0 spiro atoms. The van der Waals surface area contributed by atoms with E-state index in [2.05, 4.69) is 41.2 Å². The minimum absolute atomic E-state index is 0.137. The van der Waals surface area contributed by atoms with Crippen molar-refractivity contribution >= 4 is 43.6 Å².